The lowest BCUT2D eigenvalue weighted by atomic mass is 9.94. The Hall–Kier alpha value is -3.29. The molecule has 7 heteroatoms. The molecular formula is C27H30N2O4S. The van der Waals surface area contributed by atoms with Gasteiger partial charge < -0.3 is 5.32 Å². The van der Waals surface area contributed by atoms with Crippen molar-refractivity contribution in [3.63, 3.8) is 0 Å². The number of sulfonamides is 1. The van der Waals surface area contributed by atoms with Gasteiger partial charge in [-0.2, -0.15) is 0 Å². The Morgan fingerprint density at radius 3 is 2.09 bits per heavy atom. The first-order valence-electron chi connectivity index (χ1n) is 11.1. The average Bonchev–Trinajstić information content (AvgIpc) is 2.78. The van der Waals surface area contributed by atoms with Crippen molar-refractivity contribution >= 4 is 21.7 Å². The zero-order valence-electron chi connectivity index (χ0n) is 19.9. The summed E-state index contributed by atoms with van der Waals surface area (Å²) < 4.78 is 26.8. The number of carbonyl (C=O) groups excluding carboxylic acids is 2. The third kappa shape index (κ3) is 6.62. The number of rotatable bonds is 9. The molecule has 0 aromatic heterocycles. The smallest absolute Gasteiger partial charge is 0.252 e. The van der Waals surface area contributed by atoms with Crippen LogP contribution in [0.4, 0.5) is 0 Å². The molecular weight excluding hydrogens is 448 g/mol. The monoisotopic (exact) mass is 478 g/mol. The minimum atomic E-state index is -3.40. The van der Waals surface area contributed by atoms with Gasteiger partial charge in [0.1, 0.15) is 0 Å². The second-order valence-corrected chi connectivity index (χ2v) is 10.5. The van der Waals surface area contributed by atoms with E-state index in [4.69, 9.17) is 0 Å². The van der Waals surface area contributed by atoms with Crippen LogP contribution >= 0.6 is 0 Å². The number of carbonyl (C=O) groups is 2. The number of benzene rings is 3. The van der Waals surface area contributed by atoms with Gasteiger partial charge >= 0.3 is 0 Å². The highest BCUT2D eigenvalue weighted by Gasteiger charge is 2.19. The van der Waals surface area contributed by atoms with Gasteiger partial charge in [-0.25, -0.2) is 13.1 Å². The maximum atomic E-state index is 13.2. The van der Waals surface area contributed by atoms with Crippen LogP contribution in [0.15, 0.2) is 66.7 Å². The van der Waals surface area contributed by atoms with Crippen LogP contribution in [0.1, 0.15) is 62.4 Å². The molecule has 0 atom stereocenters. The predicted molar refractivity (Wildman–Crippen MR) is 134 cm³/mol. The lowest BCUT2D eigenvalue weighted by Gasteiger charge is -2.12. The van der Waals surface area contributed by atoms with Crippen molar-refractivity contribution in [3.05, 3.63) is 106 Å². The first-order chi connectivity index (χ1) is 16.1. The summed E-state index contributed by atoms with van der Waals surface area (Å²) in [7, 11) is -3.40. The normalized spacial score (nSPS) is 11.4. The van der Waals surface area contributed by atoms with E-state index in [0.717, 1.165) is 16.7 Å². The van der Waals surface area contributed by atoms with E-state index in [2.05, 4.69) is 10.0 Å². The molecule has 3 aromatic rings. The Kier molecular flexibility index (Phi) is 8.02. The van der Waals surface area contributed by atoms with Gasteiger partial charge in [0.15, 0.2) is 5.78 Å². The first kappa shape index (κ1) is 25.3. The van der Waals surface area contributed by atoms with Crippen LogP contribution in [0.5, 0.6) is 0 Å². The van der Waals surface area contributed by atoms with Crippen molar-refractivity contribution in [1.82, 2.24) is 10.0 Å². The fraction of sp³-hybridized carbons (Fsp3) is 0.259. The largest absolute Gasteiger partial charge is 0.348 e. The van der Waals surface area contributed by atoms with E-state index in [1.54, 1.807) is 62.4 Å². The van der Waals surface area contributed by atoms with Crippen LogP contribution in [0, 0.1) is 13.8 Å². The van der Waals surface area contributed by atoms with Crippen LogP contribution in [-0.4, -0.2) is 26.2 Å². The molecule has 0 saturated carbocycles. The number of hydrogen-bond donors (Lipinski definition) is 2. The second kappa shape index (κ2) is 10.8. The molecule has 1 amide bonds. The molecule has 2 N–H and O–H groups in total. The fourth-order valence-corrected chi connectivity index (χ4v) is 5.09. The maximum absolute atomic E-state index is 13.2. The quantitative estimate of drug-likeness (QED) is 0.449. The molecule has 3 rings (SSSR count). The molecule has 0 unspecified atom stereocenters. The van der Waals surface area contributed by atoms with Crippen LogP contribution in [0.3, 0.4) is 0 Å². The molecule has 178 valence electrons. The van der Waals surface area contributed by atoms with Crippen molar-refractivity contribution in [2.24, 2.45) is 0 Å². The minimum Gasteiger partial charge on any atom is -0.348 e. The van der Waals surface area contributed by atoms with E-state index in [9.17, 15) is 18.0 Å². The summed E-state index contributed by atoms with van der Waals surface area (Å²) >= 11 is 0. The molecule has 0 fully saturated rings. The summed E-state index contributed by atoms with van der Waals surface area (Å²) in [6, 6.07) is 19.4. The van der Waals surface area contributed by atoms with Gasteiger partial charge in [-0.1, -0.05) is 60.2 Å². The van der Waals surface area contributed by atoms with E-state index in [-0.39, 0.29) is 30.0 Å². The zero-order valence-corrected chi connectivity index (χ0v) is 20.7. The van der Waals surface area contributed by atoms with Crippen LogP contribution in [-0.2, 0) is 22.3 Å². The highest BCUT2D eigenvalue weighted by molar-refractivity contribution is 7.88. The summed E-state index contributed by atoms with van der Waals surface area (Å²) in [6.45, 7) is 7.61. The third-order valence-corrected chi connectivity index (χ3v) is 6.85. The Morgan fingerprint density at radius 2 is 1.44 bits per heavy atom. The van der Waals surface area contributed by atoms with Crippen LogP contribution < -0.4 is 10.0 Å². The Balaban J connectivity index is 1.70. The molecule has 0 aliphatic heterocycles. The molecule has 6 nitrogen and oxygen atoms in total. The standard InChI is InChI=1S/C27H30N2O4S/c1-18(2)29-34(32,33)17-22-13-11-21(12-14-22)16-28-27(31)24-8-6-5-7-23(24)26(30)25-15-19(3)9-10-20(25)4/h5-15,18,29H,16-17H2,1-4H3,(H,28,31). The van der Waals surface area contributed by atoms with Gasteiger partial charge in [0.2, 0.25) is 10.0 Å². The van der Waals surface area contributed by atoms with E-state index < -0.39 is 10.0 Å². The zero-order chi connectivity index (χ0) is 24.9. The van der Waals surface area contributed by atoms with Crippen molar-refractivity contribution in [2.45, 2.75) is 46.0 Å². The molecule has 0 bridgehead atoms. The minimum absolute atomic E-state index is 0.105. The van der Waals surface area contributed by atoms with Crippen LogP contribution in [0.2, 0.25) is 0 Å². The van der Waals surface area contributed by atoms with Gasteiger partial charge in [-0.05, 0) is 56.5 Å². The summed E-state index contributed by atoms with van der Waals surface area (Å²) in [5.74, 6) is -0.638. The van der Waals surface area contributed by atoms with E-state index in [0.29, 0.717) is 22.3 Å². The average molecular weight is 479 g/mol. The molecule has 0 aliphatic carbocycles. The molecule has 0 heterocycles. The van der Waals surface area contributed by atoms with Crippen molar-refractivity contribution in [3.8, 4) is 0 Å². The molecule has 0 aliphatic rings. The van der Waals surface area contributed by atoms with Crippen molar-refractivity contribution in [2.75, 3.05) is 0 Å². The summed E-state index contributed by atoms with van der Waals surface area (Å²) in [5.41, 5.74) is 4.57. The van der Waals surface area contributed by atoms with Gasteiger partial charge in [0.25, 0.3) is 5.91 Å². The molecule has 0 radical (unpaired) electrons. The molecule has 3 aromatic carbocycles. The fourth-order valence-electron chi connectivity index (χ4n) is 3.66. The second-order valence-electron chi connectivity index (χ2n) is 8.72. The van der Waals surface area contributed by atoms with Gasteiger partial charge in [-0.15, -0.1) is 0 Å². The number of nitrogens with one attached hydrogen (secondary N) is 2. The van der Waals surface area contributed by atoms with Crippen molar-refractivity contribution in [1.29, 1.82) is 0 Å². The first-order valence-corrected chi connectivity index (χ1v) is 12.8. The molecule has 34 heavy (non-hydrogen) atoms. The SMILES string of the molecule is Cc1ccc(C)c(C(=O)c2ccccc2C(=O)NCc2ccc(CS(=O)(=O)NC(C)C)cc2)c1. The summed E-state index contributed by atoms with van der Waals surface area (Å²) in [5, 5.41) is 2.86. The maximum Gasteiger partial charge on any atom is 0.252 e. The predicted octanol–water partition coefficient (Wildman–Crippen LogP) is 4.29. The van der Waals surface area contributed by atoms with Gasteiger partial charge in [0, 0.05) is 23.7 Å². The molecule has 0 spiro atoms. The molecule has 0 saturated heterocycles. The summed E-state index contributed by atoms with van der Waals surface area (Å²) in [6.07, 6.45) is 0. The topological polar surface area (TPSA) is 92.3 Å². The van der Waals surface area contributed by atoms with Gasteiger partial charge in [0.05, 0.1) is 11.3 Å². The van der Waals surface area contributed by atoms with E-state index in [1.807, 2.05) is 32.0 Å². The Morgan fingerprint density at radius 1 is 0.824 bits per heavy atom. The third-order valence-electron chi connectivity index (χ3n) is 5.30. The lowest BCUT2D eigenvalue weighted by Crippen LogP contribution is -2.31. The number of hydrogen-bond acceptors (Lipinski definition) is 4. The van der Waals surface area contributed by atoms with E-state index in [1.165, 1.54) is 0 Å². The Bertz CT molecular complexity index is 1300. The van der Waals surface area contributed by atoms with Gasteiger partial charge in [-0.3, -0.25) is 9.59 Å². The number of aryl methyl sites for hydroxylation is 2. The number of amides is 1. The summed E-state index contributed by atoms with van der Waals surface area (Å²) in [4.78, 5) is 26.1. The highest BCUT2D eigenvalue weighted by Crippen LogP contribution is 2.19. The number of ketones is 1. The van der Waals surface area contributed by atoms with Crippen molar-refractivity contribution < 1.29 is 18.0 Å². The Labute approximate surface area is 201 Å². The van der Waals surface area contributed by atoms with E-state index >= 15 is 0 Å². The lowest BCUT2D eigenvalue weighted by molar-refractivity contribution is 0.0939. The van der Waals surface area contributed by atoms with Crippen LogP contribution in [0.25, 0.3) is 0 Å². The highest BCUT2D eigenvalue weighted by atomic mass is 32.2.